The largest absolute Gasteiger partial charge is 0.496 e. The Labute approximate surface area is 119 Å². The van der Waals surface area contributed by atoms with Gasteiger partial charge in [-0.1, -0.05) is 6.92 Å². The molecule has 0 aliphatic carbocycles. The van der Waals surface area contributed by atoms with E-state index in [9.17, 15) is 12.8 Å². The van der Waals surface area contributed by atoms with Crippen LogP contribution in [0.15, 0.2) is 18.2 Å². The Morgan fingerprint density at radius 1 is 1.50 bits per heavy atom. The Morgan fingerprint density at radius 2 is 2.25 bits per heavy atom. The summed E-state index contributed by atoms with van der Waals surface area (Å²) in [6, 6.07) is 4.15. The van der Waals surface area contributed by atoms with E-state index in [1.54, 1.807) is 6.07 Å². The van der Waals surface area contributed by atoms with Crippen LogP contribution in [-0.2, 0) is 9.84 Å². The third-order valence-electron chi connectivity index (χ3n) is 3.69. The van der Waals surface area contributed by atoms with Crippen molar-refractivity contribution in [2.45, 2.75) is 19.4 Å². The van der Waals surface area contributed by atoms with Crippen molar-refractivity contribution in [1.82, 2.24) is 5.32 Å². The number of sulfone groups is 1. The van der Waals surface area contributed by atoms with Crippen molar-refractivity contribution in [3.63, 3.8) is 0 Å². The first-order valence-corrected chi connectivity index (χ1v) is 8.56. The standard InChI is InChI=1S/C14H20FNO3S/c1-3-16-14(10-6-7-20(17,18)9-10)12-8-11(15)4-5-13(12)19-2/h4-5,8,10,14,16H,3,6-7,9H2,1-2H3. The van der Waals surface area contributed by atoms with Gasteiger partial charge < -0.3 is 10.1 Å². The summed E-state index contributed by atoms with van der Waals surface area (Å²) < 4.78 is 42.1. The number of hydrogen-bond acceptors (Lipinski definition) is 4. The number of nitrogens with one attached hydrogen (secondary N) is 1. The normalized spacial score (nSPS) is 22.6. The molecular weight excluding hydrogens is 281 g/mol. The summed E-state index contributed by atoms with van der Waals surface area (Å²) in [7, 11) is -1.44. The topological polar surface area (TPSA) is 55.4 Å². The van der Waals surface area contributed by atoms with E-state index in [1.807, 2.05) is 6.92 Å². The van der Waals surface area contributed by atoms with Gasteiger partial charge in [0.15, 0.2) is 9.84 Å². The van der Waals surface area contributed by atoms with Gasteiger partial charge in [0.25, 0.3) is 0 Å². The molecule has 1 aliphatic rings. The smallest absolute Gasteiger partial charge is 0.150 e. The van der Waals surface area contributed by atoms with Gasteiger partial charge in [-0.05, 0) is 37.1 Å². The number of methoxy groups -OCH3 is 1. The Kier molecular flexibility index (Phi) is 4.65. The van der Waals surface area contributed by atoms with Crippen LogP contribution in [0.4, 0.5) is 4.39 Å². The average Bonchev–Trinajstić information content (AvgIpc) is 2.76. The molecule has 0 amide bonds. The molecule has 0 aromatic heterocycles. The molecule has 1 fully saturated rings. The van der Waals surface area contributed by atoms with Crippen LogP contribution in [0.5, 0.6) is 5.75 Å². The lowest BCUT2D eigenvalue weighted by molar-refractivity contribution is 0.362. The molecule has 2 unspecified atom stereocenters. The van der Waals surface area contributed by atoms with Gasteiger partial charge >= 0.3 is 0 Å². The molecule has 1 aliphatic heterocycles. The van der Waals surface area contributed by atoms with Gasteiger partial charge in [0.05, 0.1) is 18.6 Å². The van der Waals surface area contributed by atoms with E-state index in [4.69, 9.17) is 4.74 Å². The van der Waals surface area contributed by atoms with Gasteiger partial charge in [0, 0.05) is 11.6 Å². The number of benzene rings is 1. The molecule has 2 atom stereocenters. The fourth-order valence-corrected chi connectivity index (χ4v) is 4.63. The molecule has 112 valence electrons. The molecule has 0 bridgehead atoms. The molecule has 4 nitrogen and oxygen atoms in total. The van der Waals surface area contributed by atoms with Crippen molar-refractivity contribution < 1.29 is 17.5 Å². The zero-order valence-electron chi connectivity index (χ0n) is 11.7. The highest BCUT2D eigenvalue weighted by Gasteiger charge is 2.35. The van der Waals surface area contributed by atoms with E-state index >= 15 is 0 Å². The van der Waals surface area contributed by atoms with Crippen LogP contribution in [0.3, 0.4) is 0 Å². The number of ether oxygens (including phenoxy) is 1. The van der Waals surface area contributed by atoms with Crippen LogP contribution in [0.2, 0.25) is 0 Å². The van der Waals surface area contributed by atoms with Crippen molar-refractivity contribution >= 4 is 9.84 Å². The van der Waals surface area contributed by atoms with Crippen LogP contribution in [0, 0.1) is 11.7 Å². The third-order valence-corrected chi connectivity index (χ3v) is 5.48. The average molecular weight is 301 g/mol. The minimum atomic E-state index is -2.97. The quantitative estimate of drug-likeness (QED) is 0.903. The molecule has 0 saturated carbocycles. The van der Waals surface area contributed by atoms with Gasteiger partial charge in [0.2, 0.25) is 0 Å². The predicted molar refractivity (Wildman–Crippen MR) is 76.1 cm³/mol. The second-order valence-corrected chi connectivity index (χ2v) is 7.31. The maximum atomic E-state index is 13.5. The van der Waals surface area contributed by atoms with Crippen molar-refractivity contribution in [2.75, 3.05) is 25.2 Å². The minimum Gasteiger partial charge on any atom is -0.496 e. The number of rotatable bonds is 5. The third kappa shape index (κ3) is 3.30. The first kappa shape index (κ1) is 15.3. The van der Waals surface area contributed by atoms with Gasteiger partial charge in [-0.25, -0.2) is 12.8 Å². The Hall–Kier alpha value is -1.14. The summed E-state index contributed by atoms with van der Waals surface area (Å²) in [6.45, 7) is 2.63. The molecule has 1 heterocycles. The molecule has 0 radical (unpaired) electrons. The molecule has 2 rings (SSSR count). The molecule has 0 spiro atoms. The van der Waals surface area contributed by atoms with Crippen LogP contribution in [0.25, 0.3) is 0 Å². The first-order chi connectivity index (χ1) is 9.46. The number of halogens is 1. The summed E-state index contributed by atoms with van der Waals surface area (Å²) >= 11 is 0. The minimum absolute atomic E-state index is 0.0457. The highest BCUT2D eigenvalue weighted by Crippen LogP contribution is 2.36. The van der Waals surface area contributed by atoms with Crippen molar-refractivity contribution in [3.8, 4) is 5.75 Å². The molecule has 6 heteroatoms. The maximum Gasteiger partial charge on any atom is 0.150 e. The molecule has 1 saturated heterocycles. The van der Waals surface area contributed by atoms with E-state index in [0.29, 0.717) is 24.3 Å². The van der Waals surface area contributed by atoms with Crippen LogP contribution in [0.1, 0.15) is 24.9 Å². The molecule has 1 aromatic rings. The van der Waals surface area contributed by atoms with Crippen molar-refractivity contribution in [2.24, 2.45) is 5.92 Å². The Morgan fingerprint density at radius 3 is 2.80 bits per heavy atom. The summed E-state index contributed by atoms with van der Waals surface area (Å²) in [6.07, 6.45) is 0.597. The van der Waals surface area contributed by atoms with Gasteiger partial charge in [-0.3, -0.25) is 0 Å². The second kappa shape index (κ2) is 6.10. The molecule has 1 aromatic carbocycles. The van der Waals surface area contributed by atoms with Crippen molar-refractivity contribution in [3.05, 3.63) is 29.6 Å². The van der Waals surface area contributed by atoms with E-state index in [-0.39, 0.29) is 29.3 Å². The summed E-state index contributed by atoms with van der Waals surface area (Å²) in [5.41, 5.74) is 0.691. The fourth-order valence-electron chi connectivity index (χ4n) is 2.79. The zero-order chi connectivity index (χ0) is 14.8. The van der Waals surface area contributed by atoms with E-state index in [1.165, 1.54) is 19.2 Å². The second-order valence-electron chi connectivity index (χ2n) is 5.08. The van der Waals surface area contributed by atoms with Crippen LogP contribution >= 0.6 is 0 Å². The maximum absolute atomic E-state index is 13.5. The monoisotopic (exact) mass is 301 g/mol. The highest BCUT2D eigenvalue weighted by molar-refractivity contribution is 7.91. The van der Waals surface area contributed by atoms with Gasteiger partial charge in [-0.2, -0.15) is 0 Å². The highest BCUT2D eigenvalue weighted by atomic mass is 32.2. The Balaban J connectivity index is 2.36. The first-order valence-electron chi connectivity index (χ1n) is 6.74. The predicted octanol–water partition coefficient (Wildman–Crippen LogP) is 1.92. The zero-order valence-corrected chi connectivity index (χ0v) is 12.5. The fraction of sp³-hybridized carbons (Fsp3) is 0.571. The summed E-state index contributed by atoms with van der Waals surface area (Å²) in [4.78, 5) is 0. The SMILES string of the molecule is CCNC(c1cc(F)ccc1OC)C1CCS(=O)(=O)C1. The van der Waals surface area contributed by atoms with E-state index < -0.39 is 9.84 Å². The Bertz CT molecular complexity index is 574. The van der Waals surface area contributed by atoms with E-state index in [2.05, 4.69) is 5.32 Å². The van der Waals surface area contributed by atoms with Crippen molar-refractivity contribution in [1.29, 1.82) is 0 Å². The molecule has 20 heavy (non-hydrogen) atoms. The van der Waals surface area contributed by atoms with Crippen LogP contribution < -0.4 is 10.1 Å². The summed E-state index contributed by atoms with van der Waals surface area (Å²) in [5.74, 6) is 0.545. The number of hydrogen-bond donors (Lipinski definition) is 1. The molecule has 1 N–H and O–H groups in total. The molecular formula is C14H20FNO3S. The van der Waals surface area contributed by atoms with Crippen LogP contribution in [-0.4, -0.2) is 33.6 Å². The lowest BCUT2D eigenvalue weighted by Gasteiger charge is -2.25. The summed E-state index contributed by atoms with van der Waals surface area (Å²) in [5, 5.41) is 3.27. The van der Waals surface area contributed by atoms with E-state index in [0.717, 1.165) is 0 Å². The van der Waals surface area contributed by atoms with Gasteiger partial charge in [0.1, 0.15) is 11.6 Å². The van der Waals surface area contributed by atoms with Gasteiger partial charge in [-0.15, -0.1) is 0 Å². The lowest BCUT2D eigenvalue weighted by Crippen LogP contribution is -2.29. The lowest BCUT2D eigenvalue weighted by atomic mass is 9.91.